The van der Waals surface area contributed by atoms with Crippen molar-refractivity contribution in [1.29, 1.82) is 0 Å². The summed E-state index contributed by atoms with van der Waals surface area (Å²) in [4.78, 5) is 0. The number of rotatable bonds is 24. The summed E-state index contributed by atoms with van der Waals surface area (Å²) in [5.74, 6) is 1.03. The highest BCUT2D eigenvalue weighted by Crippen LogP contribution is 2.57. The molecule has 6 unspecified atom stereocenters. The molecule has 0 saturated heterocycles. The van der Waals surface area contributed by atoms with Gasteiger partial charge >= 0.3 is 8.60 Å². The SMILES string of the molecule is CCCCC(CC)C(OP(OC(c1ccc(C(C)(C)C)cc1)C(CC)CCCC)OC(c1ccc(C(C)(C)C)cc1)C(CC)CCCC)c1ccc(C(C)(C)C)cc1. The van der Waals surface area contributed by atoms with Gasteiger partial charge < -0.3 is 13.6 Å². The highest BCUT2D eigenvalue weighted by Gasteiger charge is 2.37. The Morgan fingerprint density at radius 2 is 0.603 bits per heavy atom. The quantitative estimate of drug-likeness (QED) is 0.0843. The summed E-state index contributed by atoms with van der Waals surface area (Å²) in [6.45, 7) is 34.5. The minimum atomic E-state index is -1.80. The molecule has 0 N–H and O–H groups in total. The minimum absolute atomic E-state index is 0.0763. The Bertz CT molecular complexity index is 1350. The predicted molar refractivity (Wildman–Crippen MR) is 254 cm³/mol. The molecule has 0 bridgehead atoms. The third kappa shape index (κ3) is 15.2. The molecule has 0 fully saturated rings. The van der Waals surface area contributed by atoms with E-state index in [4.69, 9.17) is 13.6 Å². The van der Waals surface area contributed by atoms with Crippen molar-refractivity contribution in [1.82, 2.24) is 0 Å². The van der Waals surface area contributed by atoms with Gasteiger partial charge in [-0.1, -0.05) is 234 Å². The van der Waals surface area contributed by atoms with Gasteiger partial charge in [0, 0.05) is 0 Å². The maximum absolute atomic E-state index is 7.59. The summed E-state index contributed by atoms with van der Waals surface area (Å²) in [7, 11) is -1.80. The second-order valence-corrected chi connectivity index (χ2v) is 21.4. The van der Waals surface area contributed by atoms with E-state index in [1.807, 2.05) is 0 Å². The van der Waals surface area contributed by atoms with Crippen LogP contribution in [0.25, 0.3) is 0 Å². The van der Waals surface area contributed by atoms with E-state index in [0.29, 0.717) is 17.8 Å². The molecule has 58 heavy (non-hydrogen) atoms. The Labute approximate surface area is 360 Å². The van der Waals surface area contributed by atoms with Crippen LogP contribution in [0.4, 0.5) is 0 Å². The van der Waals surface area contributed by atoms with Gasteiger partial charge in [0.2, 0.25) is 0 Å². The van der Waals surface area contributed by atoms with Gasteiger partial charge in [-0.3, -0.25) is 0 Å². The fraction of sp³-hybridized carbons (Fsp3) is 0.667. The van der Waals surface area contributed by atoms with Gasteiger partial charge in [0.1, 0.15) is 0 Å². The molecule has 0 radical (unpaired) electrons. The van der Waals surface area contributed by atoms with E-state index in [2.05, 4.69) is 177 Å². The fourth-order valence-corrected chi connectivity index (χ4v) is 9.82. The smallest absolute Gasteiger partial charge is 0.304 e. The Kier molecular flexibility index (Phi) is 20.7. The van der Waals surface area contributed by atoms with E-state index in [0.717, 1.165) is 38.5 Å². The zero-order valence-electron chi connectivity index (χ0n) is 40.0. The lowest BCUT2D eigenvalue weighted by molar-refractivity contribution is 0.00984. The van der Waals surface area contributed by atoms with Crippen molar-refractivity contribution in [3.63, 3.8) is 0 Å². The third-order valence-corrected chi connectivity index (χ3v) is 13.8. The molecule has 0 aliphatic rings. The summed E-state index contributed by atoms with van der Waals surface area (Å²) >= 11 is 0. The lowest BCUT2D eigenvalue weighted by Crippen LogP contribution is -2.22. The molecule has 3 aromatic carbocycles. The van der Waals surface area contributed by atoms with Crippen molar-refractivity contribution >= 4 is 8.60 Å². The second-order valence-electron chi connectivity index (χ2n) is 20.3. The lowest BCUT2D eigenvalue weighted by Gasteiger charge is -2.37. The predicted octanol–water partition coefficient (Wildman–Crippen LogP) is 18.0. The number of hydrogen-bond acceptors (Lipinski definition) is 3. The first-order valence-corrected chi connectivity index (χ1v) is 24.6. The molecule has 6 atom stereocenters. The number of unbranched alkanes of at least 4 members (excludes halogenated alkanes) is 3. The highest BCUT2D eigenvalue weighted by atomic mass is 31.2. The van der Waals surface area contributed by atoms with Gasteiger partial charge in [-0.2, -0.15) is 0 Å². The molecule has 326 valence electrons. The van der Waals surface area contributed by atoms with Crippen LogP contribution in [0.2, 0.25) is 0 Å². The fourth-order valence-electron chi connectivity index (χ4n) is 8.24. The molecule has 0 saturated carbocycles. The maximum atomic E-state index is 7.59. The standard InChI is InChI=1S/C54H87O3P/c1-16-22-25-40(19-4)49(43-28-34-46(35-29-43)52(7,8)9)55-58(56-50(41(20-5)26-23-17-2)44-30-36-47(37-31-44)53(10,11)12)57-51(42(21-6)27-24-18-3)45-32-38-48(39-33-45)54(13,14)15/h28-42,49-51H,16-27H2,1-15H3. The monoisotopic (exact) mass is 815 g/mol. The average Bonchev–Trinajstić information content (AvgIpc) is 3.19. The average molecular weight is 815 g/mol. The van der Waals surface area contributed by atoms with Crippen LogP contribution in [0.15, 0.2) is 72.8 Å². The zero-order valence-corrected chi connectivity index (χ0v) is 40.9. The largest absolute Gasteiger partial charge is 0.334 e. The van der Waals surface area contributed by atoms with E-state index in [1.165, 1.54) is 71.9 Å². The van der Waals surface area contributed by atoms with Gasteiger partial charge in [0.05, 0.1) is 18.3 Å². The summed E-state index contributed by atoms with van der Waals surface area (Å²) in [5.41, 5.74) is 7.93. The van der Waals surface area contributed by atoms with Gasteiger partial charge in [-0.05, 0) is 86.6 Å². The highest BCUT2D eigenvalue weighted by molar-refractivity contribution is 7.41. The summed E-state index contributed by atoms with van der Waals surface area (Å²) < 4.78 is 22.8. The van der Waals surface area contributed by atoms with Crippen LogP contribution in [0.5, 0.6) is 0 Å². The molecule has 0 aliphatic carbocycles. The summed E-state index contributed by atoms with van der Waals surface area (Å²) in [5, 5.41) is 0. The van der Waals surface area contributed by atoms with Crippen molar-refractivity contribution in [2.24, 2.45) is 17.8 Å². The lowest BCUT2D eigenvalue weighted by atomic mass is 9.84. The maximum Gasteiger partial charge on any atom is 0.334 e. The molecule has 3 nitrogen and oxygen atoms in total. The first kappa shape index (κ1) is 50.3. The van der Waals surface area contributed by atoms with Crippen LogP contribution in [0.3, 0.4) is 0 Å². The molecule has 0 heterocycles. The molecule has 0 aliphatic heterocycles. The van der Waals surface area contributed by atoms with Crippen LogP contribution in [0.1, 0.15) is 233 Å². The normalized spacial score (nSPS) is 16.4. The van der Waals surface area contributed by atoms with Crippen molar-refractivity contribution in [3.05, 3.63) is 106 Å². The Morgan fingerprint density at radius 1 is 0.379 bits per heavy atom. The molecule has 0 amide bonds. The number of benzene rings is 3. The first-order valence-electron chi connectivity index (χ1n) is 23.5. The molecule has 0 aromatic heterocycles. The molecular formula is C54H87O3P. The first-order chi connectivity index (χ1) is 27.4. The minimum Gasteiger partial charge on any atom is -0.304 e. The Hall–Kier alpha value is -2.03. The van der Waals surface area contributed by atoms with Gasteiger partial charge in [0.15, 0.2) is 0 Å². The van der Waals surface area contributed by atoms with Crippen LogP contribution >= 0.6 is 8.60 Å². The summed E-state index contributed by atoms with van der Waals surface area (Å²) in [6.07, 6.45) is 13.0. The molecular weight excluding hydrogens is 728 g/mol. The van der Waals surface area contributed by atoms with E-state index in [1.54, 1.807) is 0 Å². The van der Waals surface area contributed by atoms with E-state index in [-0.39, 0.29) is 34.6 Å². The third-order valence-electron chi connectivity index (χ3n) is 12.6. The van der Waals surface area contributed by atoms with Crippen LogP contribution in [0, 0.1) is 17.8 Å². The molecule has 3 rings (SSSR count). The topological polar surface area (TPSA) is 27.7 Å². The number of hydrogen-bond donors (Lipinski definition) is 0. The molecule has 4 heteroatoms. The van der Waals surface area contributed by atoms with Crippen LogP contribution < -0.4 is 0 Å². The van der Waals surface area contributed by atoms with Crippen molar-refractivity contribution in [3.8, 4) is 0 Å². The van der Waals surface area contributed by atoms with Crippen LogP contribution in [-0.2, 0) is 29.8 Å². The molecule has 3 aromatic rings. The van der Waals surface area contributed by atoms with Crippen molar-refractivity contribution in [2.75, 3.05) is 0 Å². The van der Waals surface area contributed by atoms with Gasteiger partial charge in [-0.15, -0.1) is 0 Å². The van der Waals surface area contributed by atoms with Crippen molar-refractivity contribution in [2.45, 2.75) is 215 Å². The Morgan fingerprint density at radius 3 is 0.776 bits per heavy atom. The summed E-state index contributed by atoms with van der Waals surface area (Å²) in [6, 6.07) is 27.8. The zero-order chi connectivity index (χ0) is 43.1. The van der Waals surface area contributed by atoms with Gasteiger partial charge in [0.25, 0.3) is 0 Å². The van der Waals surface area contributed by atoms with E-state index >= 15 is 0 Å². The molecule has 0 spiro atoms. The van der Waals surface area contributed by atoms with E-state index in [9.17, 15) is 0 Å². The second kappa shape index (κ2) is 23.8. The van der Waals surface area contributed by atoms with Gasteiger partial charge in [-0.25, -0.2) is 0 Å². The van der Waals surface area contributed by atoms with E-state index < -0.39 is 8.60 Å². The van der Waals surface area contributed by atoms with Crippen molar-refractivity contribution < 1.29 is 13.6 Å². The Balaban J connectivity index is 2.28. The van der Waals surface area contributed by atoms with Crippen LogP contribution in [-0.4, -0.2) is 0 Å².